The lowest BCUT2D eigenvalue weighted by molar-refractivity contribution is 0.207. The molecule has 1 saturated heterocycles. The summed E-state index contributed by atoms with van der Waals surface area (Å²) in [5.41, 5.74) is 8.41. The van der Waals surface area contributed by atoms with Crippen molar-refractivity contribution in [3.05, 3.63) is 35.6 Å². The average molecular weight is 304 g/mol. The summed E-state index contributed by atoms with van der Waals surface area (Å²) in [7, 11) is 0. The number of nitrogens with zero attached hydrogens (tertiary/aromatic N) is 1. The van der Waals surface area contributed by atoms with Crippen molar-refractivity contribution >= 4 is 22.7 Å². The van der Waals surface area contributed by atoms with Gasteiger partial charge < -0.3 is 10.2 Å². The molecule has 2 aromatic rings. The Morgan fingerprint density at radius 2 is 2.24 bits per heavy atom. The van der Waals surface area contributed by atoms with Crippen molar-refractivity contribution in [2.75, 3.05) is 25.4 Å². The van der Waals surface area contributed by atoms with Crippen LogP contribution >= 0.6 is 11.8 Å². The number of para-hydroxylation sites is 1. The lowest BCUT2D eigenvalue weighted by atomic mass is 10.0. The van der Waals surface area contributed by atoms with Crippen LogP contribution in [-0.4, -0.2) is 35.5 Å². The van der Waals surface area contributed by atoms with Crippen molar-refractivity contribution in [3.63, 3.8) is 0 Å². The highest BCUT2D eigenvalue weighted by atomic mass is 32.2. The Morgan fingerprint density at radius 1 is 1.43 bits per heavy atom. The zero-order chi connectivity index (χ0) is 14.8. The van der Waals surface area contributed by atoms with Crippen molar-refractivity contribution < 1.29 is 4.42 Å². The number of thioether (sulfide) groups is 1. The Kier molecular flexibility index (Phi) is 4.57. The van der Waals surface area contributed by atoms with Crippen molar-refractivity contribution in [2.24, 2.45) is 5.73 Å². The second-order valence-corrected chi connectivity index (χ2v) is 7.12. The molecular weight excluding hydrogens is 280 g/mol. The highest BCUT2D eigenvalue weighted by Gasteiger charge is 2.29. The van der Waals surface area contributed by atoms with Crippen LogP contribution in [0.5, 0.6) is 0 Å². The van der Waals surface area contributed by atoms with Gasteiger partial charge in [-0.05, 0) is 19.4 Å². The molecule has 4 heteroatoms. The number of benzene rings is 1. The third-order valence-corrected chi connectivity index (χ3v) is 5.81. The Labute approximate surface area is 130 Å². The molecule has 1 aliphatic heterocycles. The number of hydrogen-bond acceptors (Lipinski definition) is 4. The summed E-state index contributed by atoms with van der Waals surface area (Å²) in [6.45, 7) is 7.22. The van der Waals surface area contributed by atoms with Crippen LogP contribution in [0.2, 0.25) is 0 Å². The van der Waals surface area contributed by atoms with Gasteiger partial charge in [0.1, 0.15) is 11.3 Å². The Bertz CT molecular complexity index is 610. The summed E-state index contributed by atoms with van der Waals surface area (Å²) in [5.74, 6) is 2.21. The van der Waals surface area contributed by atoms with Gasteiger partial charge in [-0.1, -0.05) is 25.1 Å². The van der Waals surface area contributed by atoms with E-state index in [-0.39, 0.29) is 6.04 Å². The molecule has 21 heavy (non-hydrogen) atoms. The van der Waals surface area contributed by atoms with Gasteiger partial charge in [-0.15, -0.1) is 0 Å². The van der Waals surface area contributed by atoms with Crippen LogP contribution < -0.4 is 5.73 Å². The van der Waals surface area contributed by atoms with E-state index < -0.39 is 0 Å². The summed E-state index contributed by atoms with van der Waals surface area (Å²) in [6.07, 6.45) is 1.23. The molecule has 2 unspecified atom stereocenters. The first kappa shape index (κ1) is 14.9. The van der Waals surface area contributed by atoms with E-state index in [2.05, 4.69) is 42.6 Å². The van der Waals surface area contributed by atoms with Crippen LogP contribution in [0.1, 0.15) is 30.7 Å². The Balaban J connectivity index is 1.96. The van der Waals surface area contributed by atoms with Crippen LogP contribution in [0.15, 0.2) is 28.7 Å². The largest absolute Gasteiger partial charge is 0.461 e. The minimum atomic E-state index is 0.267. The second kappa shape index (κ2) is 6.42. The zero-order valence-electron chi connectivity index (χ0n) is 12.8. The van der Waals surface area contributed by atoms with Crippen LogP contribution in [0.25, 0.3) is 11.0 Å². The van der Waals surface area contributed by atoms with Crippen molar-refractivity contribution in [3.8, 4) is 0 Å². The molecule has 3 rings (SSSR count). The fraction of sp³-hybridized carbons (Fsp3) is 0.529. The number of nitrogens with two attached hydrogens (primary N) is 1. The molecule has 1 aliphatic rings. The van der Waals surface area contributed by atoms with Crippen molar-refractivity contribution in [1.82, 2.24) is 4.90 Å². The summed E-state index contributed by atoms with van der Waals surface area (Å²) in [5, 5.41) is 1.95. The standard InChI is InChI=1S/C17H24N2OS/c1-3-13-11-19(8-9-21-13)15(10-18)17-12(2)20-16-7-5-4-6-14(16)17/h4-7,13,15H,3,8-11,18H2,1-2H3. The van der Waals surface area contributed by atoms with E-state index in [4.69, 9.17) is 10.2 Å². The summed E-state index contributed by atoms with van der Waals surface area (Å²) in [6, 6.07) is 8.57. The van der Waals surface area contributed by atoms with Crippen LogP contribution in [0, 0.1) is 6.92 Å². The molecule has 2 atom stereocenters. The van der Waals surface area contributed by atoms with Gasteiger partial charge in [0.25, 0.3) is 0 Å². The molecule has 0 saturated carbocycles. The Morgan fingerprint density at radius 3 is 3.00 bits per heavy atom. The van der Waals surface area contributed by atoms with Crippen LogP contribution in [-0.2, 0) is 0 Å². The van der Waals surface area contributed by atoms with Crippen LogP contribution in [0.3, 0.4) is 0 Å². The maximum absolute atomic E-state index is 6.15. The molecule has 2 heterocycles. The Hall–Kier alpha value is -0.970. The lowest BCUT2D eigenvalue weighted by Gasteiger charge is -2.37. The van der Waals surface area contributed by atoms with Crippen molar-refractivity contribution in [1.29, 1.82) is 0 Å². The second-order valence-electron chi connectivity index (χ2n) is 5.72. The molecular formula is C17H24N2OS. The SMILES string of the molecule is CCC1CN(C(CN)c2c(C)oc3ccccc23)CCS1. The summed E-state index contributed by atoms with van der Waals surface area (Å²) < 4.78 is 5.94. The van der Waals surface area contributed by atoms with E-state index in [9.17, 15) is 0 Å². The van der Waals surface area contributed by atoms with E-state index in [1.54, 1.807) is 0 Å². The molecule has 1 fully saturated rings. The van der Waals surface area contributed by atoms with E-state index in [0.29, 0.717) is 6.54 Å². The van der Waals surface area contributed by atoms with Gasteiger partial charge in [0.2, 0.25) is 0 Å². The van der Waals surface area contributed by atoms with Gasteiger partial charge in [-0.3, -0.25) is 4.90 Å². The molecule has 0 spiro atoms. The summed E-state index contributed by atoms with van der Waals surface area (Å²) >= 11 is 2.09. The van der Waals surface area contributed by atoms with Gasteiger partial charge in [-0.2, -0.15) is 11.8 Å². The minimum Gasteiger partial charge on any atom is -0.461 e. The van der Waals surface area contributed by atoms with E-state index in [1.807, 2.05) is 12.1 Å². The van der Waals surface area contributed by atoms with Gasteiger partial charge >= 0.3 is 0 Å². The third-order valence-electron chi connectivity index (χ3n) is 4.44. The number of furan rings is 1. The predicted molar refractivity (Wildman–Crippen MR) is 90.9 cm³/mol. The fourth-order valence-corrected chi connectivity index (χ4v) is 4.53. The number of rotatable bonds is 4. The molecule has 0 bridgehead atoms. The van der Waals surface area contributed by atoms with Gasteiger partial charge in [0, 0.05) is 41.6 Å². The predicted octanol–water partition coefficient (Wildman–Crippen LogP) is 3.57. The quantitative estimate of drug-likeness (QED) is 0.937. The van der Waals surface area contributed by atoms with Crippen molar-refractivity contribution in [2.45, 2.75) is 31.6 Å². The number of hydrogen-bond donors (Lipinski definition) is 1. The minimum absolute atomic E-state index is 0.267. The zero-order valence-corrected chi connectivity index (χ0v) is 13.7. The maximum atomic E-state index is 6.15. The normalized spacial score (nSPS) is 21.8. The monoisotopic (exact) mass is 304 g/mol. The van der Waals surface area contributed by atoms with E-state index >= 15 is 0 Å². The average Bonchev–Trinajstić information content (AvgIpc) is 2.85. The molecule has 1 aromatic heterocycles. The molecule has 1 aromatic carbocycles. The fourth-order valence-electron chi connectivity index (χ4n) is 3.32. The van der Waals surface area contributed by atoms with E-state index in [0.717, 1.165) is 29.7 Å². The summed E-state index contributed by atoms with van der Waals surface area (Å²) in [4.78, 5) is 2.55. The first-order valence-electron chi connectivity index (χ1n) is 7.78. The smallest absolute Gasteiger partial charge is 0.134 e. The molecule has 0 radical (unpaired) electrons. The maximum Gasteiger partial charge on any atom is 0.134 e. The highest BCUT2D eigenvalue weighted by molar-refractivity contribution is 8.00. The van der Waals surface area contributed by atoms with Gasteiger partial charge in [0.15, 0.2) is 0 Å². The molecule has 0 amide bonds. The molecule has 2 N–H and O–H groups in total. The topological polar surface area (TPSA) is 42.4 Å². The first-order chi connectivity index (χ1) is 10.2. The third kappa shape index (κ3) is 2.85. The number of aryl methyl sites for hydroxylation is 1. The van der Waals surface area contributed by atoms with Crippen LogP contribution in [0.4, 0.5) is 0 Å². The molecule has 3 nitrogen and oxygen atoms in total. The van der Waals surface area contributed by atoms with Gasteiger partial charge in [0.05, 0.1) is 6.04 Å². The molecule has 0 aliphatic carbocycles. The number of fused-ring (bicyclic) bond motifs is 1. The van der Waals surface area contributed by atoms with E-state index in [1.165, 1.54) is 23.1 Å². The first-order valence-corrected chi connectivity index (χ1v) is 8.83. The lowest BCUT2D eigenvalue weighted by Crippen LogP contribution is -2.42. The van der Waals surface area contributed by atoms with Gasteiger partial charge in [-0.25, -0.2) is 0 Å². The highest BCUT2D eigenvalue weighted by Crippen LogP contribution is 2.35. The molecule has 114 valence electrons.